The Hall–Kier alpha value is -0.980. The summed E-state index contributed by atoms with van der Waals surface area (Å²) in [4.78, 5) is 0. The van der Waals surface area contributed by atoms with E-state index in [4.69, 9.17) is 4.74 Å². The van der Waals surface area contributed by atoms with E-state index in [1.54, 1.807) is 6.08 Å². The van der Waals surface area contributed by atoms with Crippen molar-refractivity contribution in [1.29, 1.82) is 0 Å². The molecule has 1 heterocycles. The lowest BCUT2D eigenvalue weighted by molar-refractivity contribution is 0.257. The molecule has 0 saturated heterocycles. The van der Waals surface area contributed by atoms with Gasteiger partial charge in [0.25, 0.3) is 0 Å². The Kier molecular flexibility index (Phi) is 6.16. The zero-order chi connectivity index (χ0) is 9.40. The van der Waals surface area contributed by atoms with E-state index in [-0.39, 0.29) is 0 Å². The second-order valence-electron chi connectivity index (χ2n) is 2.19. The van der Waals surface area contributed by atoms with Crippen LogP contribution < -0.4 is 0 Å². The maximum absolute atomic E-state index is 5.28. The Balaban J connectivity index is 0.000000561. The zero-order valence-corrected chi connectivity index (χ0v) is 8.26. The second-order valence-corrected chi connectivity index (χ2v) is 2.19. The van der Waals surface area contributed by atoms with Crippen molar-refractivity contribution in [2.24, 2.45) is 0 Å². The van der Waals surface area contributed by atoms with Crippen LogP contribution in [0.5, 0.6) is 0 Å². The Morgan fingerprint density at radius 1 is 1.42 bits per heavy atom. The smallest absolute Gasteiger partial charge is 0.122 e. The van der Waals surface area contributed by atoms with Gasteiger partial charge in [0.15, 0.2) is 0 Å². The van der Waals surface area contributed by atoms with Crippen molar-refractivity contribution in [2.75, 3.05) is 6.61 Å². The molecular formula is C11H18O. The first-order valence-electron chi connectivity index (χ1n) is 4.49. The highest BCUT2D eigenvalue weighted by Crippen LogP contribution is 2.20. The highest BCUT2D eigenvalue weighted by molar-refractivity contribution is 5.30. The minimum Gasteiger partial charge on any atom is -0.493 e. The van der Waals surface area contributed by atoms with Gasteiger partial charge in [-0.05, 0) is 18.6 Å². The van der Waals surface area contributed by atoms with Gasteiger partial charge in [-0.15, -0.1) is 0 Å². The predicted octanol–water partition coefficient (Wildman–Crippen LogP) is 3.45. The van der Waals surface area contributed by atoms with E-state index in [0.29, 0.717) is 0 Å². The molecule has 1 rings (SSSR count). The summed E-state index contributed by atoms with van der Waals surface area (Å²) in [7, 11) is 0. The second kappa shape index (κ2) is 6.71. The molecule has 0 radical (unpaired) electrons. The van der Waals surface area contributed by atoms with Gasteiger partial charge in [0.2, 0.25) is 0 Å². The van der Waals surface area contributed by atoms with Crippen LogP contribution in [0.4, 0.5) is 0 Å². The molecule has 1 aliphatic rings. The molecule has 0 atom stereocenters. The molecule has 0 amide bonds. The maximum Gasteiger partial charge on any atom is 0.122 e. The Morgan fingerprint density at radius 3 is 2.58 bits per heavy atom. The Labute approximate surface area is 75.4 Å². The molecule has 0 bridgehead atoms. The fourth-order valence-electron chi connectivity index (χ4n) is 1.04. The average Bonchev–Trinajstić information content (AvgIpc) is 2.56. The van der Waals surface area contributed by atoms with Crippen LogP contribution in [0.25, 0.3) is 0 Å². The molecule has 0 aromatic heterocycles. The van der Waals surface area contributed by atoms with Gasteiger partial charge in [-0.25, -0.2) is 0 Å². The first-order chi connectivity index (χ1) is 5.88. The number of hydrogen-bond acceptors (Lipinski definition) is 1. The normalized spacial score (nSPS) is 15.6. The minimum absolute atomic E-state index is 0.807. The fraction of sp³-hybridized carbons (Fsp3) is 0.455. The predicted molar refractivity (Wildman–Crippen MR) is 54.0 cm³/mol. The third-order valence-electron chi connectivity index (χ3n) is 1.50. The summed E-state index contributed by atoms with van der Waals surface area (Å²) in [5.74, 6) is 0.943. The number of allylic oxidation sites excluding steroid dienone is 3. The standard InChI is InChI=1S/C9H12O.C2H6/c1-3-5-8-6-7-10-9(8)4-2;1-2/h3-5H,2,6-7H2,1H3;1-2H3/b5-3-;. The fourth-order valence-corrected chi connectivity index (χ4v) is 1.04. The quantitative estimate of drug-likeness (QED) is 0.610. The third kappa shape index (κ3) is 2.95. The largest absolute Gasteiger partial charge is 0.493 e. The van der Waals surface area contributed by atoms with Crippen LogP contribution in [0, 0.1) is 0 Å². The monoisotopic (exact) mass is 166 g/mol. The molecule has 0 aromatic rings. The molecular weight excluding hydrogens is 148 g/mol. The molecule has 12 heavy (non-hydrogen) atoms. The molecule has 0 saturated carbocycles. The van der Waals surface area contributed by atoms with Gasteiger partial charge < -0.3 is 4.74 Å². The summed E-state index contributed by atoms with van der Waals surface area (Å²) in [5.41, 5.74) is 1.26. The molecule has 0 spiro atoms. The molecule has 0 N–H and O–H groups in total. The molecule has 0 aliphatic carbocycles. The van der Waals surface area contributed by atoms with E-state index in [1.165, 1.54) is 5.57 Å². The van der Waals surface area contributed by atoms with Gasteiger partial charge in [0.1, 0.15) is 5.76 Å². The zero-order valence-electron chi connectivity index (χ0n) is 8.26. The maximum atomic E-state index is 5.28. The van der Waals surface area contributed by atoms with Crippen molar-refractivity contribution < 1.29 is 4.74 Å². The van der Waals surface area contributed by atoms with Crippen LogP contribution in [0.1, 0.15) is 27.2 Å². The highest BCUT2D eigenvalue weighted by Gasteiger charge is 2.08. The number of rotatable bonds is 2. The van der Waals surface area contributed by atoms with Crippen molar-refractivity contribution in [1.82, 2.24) is 0 Å². The average molecular weight is 166 g/mol. The summed E-state index contributed by atoms with van der Waals surface area (Å²) in [6.45, 7) is 10.5. The molecule has 1 nitrogen and oxygen atoms in total. The Morgan fingerprint density at radius 2 is 2.08 bits per heavy atom. The van der Waals surface area contributed by atoms with Crippen LogP contribution >= 0.6 is 0 Å². The van der Waals surface area contributed by atoms with Gasteiger partial charge in [-0.2, -0.15) is 0 Å². The molecule has 68 valence electrons. The van der Waals surface area contributed by atoms with Crippen LogP contribution in [0.15, 0.2) is 36.1 Å². The summed E-state index contributed by atoms with van der Waals surface area (Å²) >= 11 is 0. The van der Waals surface area contributed by atoms with Gasteiger partial charge >= 0.3 is 0 Å². The van der Waals surface area contributed by atoms with Gasteiger partial charge in [0.05, 0.1) is 6.61 Å². The van der Waals surface area contributed by atoms with E-state index >= 15 is 0 Å². The molecule has 0 aromatic carbocycles. The minimum atomic E-state index is 0.807. The highest BCUT2D eigenvalue weighted by atomic mass is 16.5. The van der Waals surface area contributed by atoms with E-state index in [9.17, 15) is 0 Å². The van der Waals surface area contributed by atoms with Crippen LogP contribution in [0.2, 0.25) is 0 Å². The van der Waals surface area contributed by atoms with Crippen LogP contribution in [-0.2, 0) is 4.74 Å². The summed E-state index contributed by atoms with van der Waals surface area (Å²) < 4.78 is 5.28. The lowest BCUT2D eigenvalue weighted by Crippen LogP contribution is -1.78. The van der Waals surface area contributed by atoms with Crippen molar-refractivity contribution in [3.63, 3.8) is 0 Å². The van der Waals surface area contributed by atoms with E-state index < -0.39 is 0 Å². The van der Waals surface area contributed by atoms with Crippen molar-refractivity contribution in [2.45, 2.75) is 27.2 Å². The molecule has 1 heteroatoms. The van der Waals surface area contributed by atoms with Crippen LogP contribution in [-0.4, -0.2) is 6.61 Å². The van der Waals surface area contributed by atoms with E-state index in [0.717, 1.165) is 18.8 Å². The van der Waals surface area contributed by atoms with Gasteiger partial charge in [-0.1, -0.05) is 32.6 Å². The first kappa shape index (κ1) is 11.0. The van der Waals surface area contributed by atoms with Crippen molar-refractivity contribution >= 4 is 0 Å². The molecule has 0 unspecified atom stereocenters. The summed E-state index contributed by atoms with van der Waals surface area (Å²) in [6, 6.07) is 0. The SMILES string of the molecule is C=CC1=C(/C=C\C)CCO1.CC. The topological polar surface area (TPSA) is 9.23 Å². The van der Waals surface area contributed by atoms with Crippen molar-refractivity contribution in [3.05, 3.63) is 36.1 Å². The molecule has 0 fully saturated rings. The van der Waals surface area contributed by atoms with Crippen molar-refractivity contribution in [3.8, 4) is 0 Å². The number of hydrogen-bond donors (Lipinski definition) is 0. The van der Waals surface area contributed by atoms with Gasteiger partial charge in [0, 0.05) is 6.42 Å². The molecule has 1 aliphatic heterocycles. The Bertz CT molecular complexity index is 187. The first-order valence-corrected chi connectivity index (χ1v) is 4.49. The lowest BCUT2D eigenvalue weighted by Gasteiger charge is -1.94. The lowest BCUT2D eigenvalue weighted by atomic mass is 10.2. The summed E-state index contributed by atoms with van der Waals surface area (Å²) in [5, 5.41) is 0. The number of ether oxygens (including phenoxy) is 1. The van der Waals surface area contributed by atoms with Gasteiger partial charge in [-0.3, -0.25) is 0 Å². The van der Waals surface area contributed by atoms with Crippen LogP contribution in [0.3, 0.4) is 0 Å². The van der Waals surface area contributed by atoms with E-state index in [2.05, 4.69) is 12.7 Å². The summed E-state index contributed by atoms with van der Waals surface area (Å²) in [6.07, 6.45) is 6.88. The third-order valence-corrected chi connectivity index (χ3v) is 1.50. The van der Waals surface area contributed by atoms with E-state index in [1.807, 2.05) is 26.8 Å².